The zero-order chi connectivity index (χ0) is 18.4. The number of nitrogens with zero attached hydrogens (tertiary/aromatic N) is 2. The predicted molar refractivity (Wildman–Crippen MR) is 101 cm³/mol. The normalized spacial score (nSPS) is 14.3. The number of hydrogen-bond donors (Lipinski definition) is 3. The van der Waals surface area contributed by atoms with E-state index in [9.17, 15) is 9.59 Å². The molecule has 138 valence electrons. The summed E-state index contributed by atoms with van der Waals surface area (Å²) in [7, 11) is 1.58. The van der Waals surface area contributed by atoms with Crippen LogP contribution in [0.5, 0.6) is 0 Å². The molecule has 0 aliphatic heterocycles. The smallest absolute Gasteiger partial charge is 0.251 e. The molecule has 0 radical (unpaired) electrons. The number of aromatic nitrogens is 3. The van der Waals surface area contributed by atoms with E-state index in [1.807, 2.05) is 0 Å². The minimum atomic E-state index is -0.156. The molecule has 1 aliphatic carbocycles. The first-order chi connectivity index (χ1) is 12.6. The monoisotopic (exact) mass is 373 g/mol. The van der Waals surface area contributed by atoms with Crippen LogP contribution in [0.3, 0.4) is 0 Å². The molecule has 2 amide bonds. The summed E-state index contributed by atoms with van der Waals surface area (Å²) < 4.78 is 0. The lowest BCUT2D eigenvalue weighted by Gasteiger charge is -2.05. The minimum Gasteiger partial charge on any atom is -0.355 e. The SMILES string of the molecule is CNC(=O)c1ccc(NC(=O)CSc2n[nH]c(CC3CCCC3)n2)cc1. The summed E-state index contributed by atoms with van der Waals surface area (Å²) in [6, 6.07) is 6.76. The van der Waals surface area contributed by atoms with E-state index in [1.54, 1.807) is 31.3 Å². The second kappa shape index (κ2) is 8.84. The molecule has 1 aromatic carbocycles. The Bertz CT molecular complexity index is 753. The van der Waals surface area contributed by atoms with E-state index in [0.717, 1.165) is 12.2 Å². The van der Waals surface area contributed by atoms with E-state index < -0.39 is 0 Å². The van der Waals surface area contributed by atoms with Crippen LogP contribution in [0, 0.1) is 5.92 Å². The van der Waals surface area contributed by atoms with Crippen molar-refractivity contribution in [3.8, 4) is 0 Å². The highest BCUT2D eigenvalue weighted by Gasteiger charge is 2.17. The van der Waals surface area contributed by atoms with Crippen LogP contribution < -0.4 is 10.6 Å². The molecule has 1 saturated carbocycles. The van der Waals surface area contributed by atoms with Gasteiger partial charge in [0.1, 0.15) is 5.82 Å². The lowest BCUT2D eigenvalue weighted by atomic mass is 10.0. The first-order valence-electron chi connectivity index (χ1n) is 8.80. The number of nitrogens with one attached hydrogen (secondary N) is 3. The average Bonchev–Trinajstić information content (AvgIpc) is 3.32. The molecule has 26 heavy (non-hydrogen) atoms. The number of rotatable bonds is 7. The van der Waals surface area contributed by atoms with Crippen LogP contribution in [-0.2, 0) is 11.2 Å². The lowest BCUT2D eigenvalue weighted by Crippen LogP contribution is -2.18. The molecule has 7 nitrogen and oxygen atoms in total. The third-order valence-corrected chi connectivity index (χ3v) is 5.31. The van der Waals surface area contributed by atoms with Crippen LogP contribution in [-0.4, -0.2) is 39.8 Å². The number of amides is 2. The van der Waals surface area contributed by atoms with Crippen molar-refractivity contribution in [3.05, 3.63) is 35.7 Å². The second-order valence-electron chi connectivity index (χ2n) is 6.41. The Balaban J connectivity index is 1.45. The van der Waals surface area contributed by atoms with Crippen LogP contribution in [0.1, 0.15) is 41.9 Å². The quantitative estimate of drug-likeness (QED) is 0.648. The highest BCUT2D eigenvalue weighted by molar-refractivity contribution is 7.99. The van der Waals surface area contributed by atoms with Crippen LogP contribution in [0.4, 0.5) is 5.69 Å². The number of thioether (sulfide) groups is 1. The van der Waals surface area contributed by atoms with E-state index in [2.05, 4.69) is 25.8 Å². The van der Waals surface area contributed by atoms with Crippen molar-refractivity contribution >= 4 is 29.3 Å². The molecule has 0 atom stereocenters. The van der Waals surface area contributed by atoms with Crippen LogP contribution in [0.2, 0.25) is 0 Å². The molecule has 0 unspecified atom stereocenters. The Morgan fingerprint density at radius 2 is 1.96 bits per heavy atom. The average molecular weight is 373 g/mol. The number of aromatic amines is 1. The van der Waals surface area contributed by atoms with Crippen molar-refractivity contribution in [3.63, 3.8) is 0 Å². The predicted octanol–water partition coefficient (Wildman–Crippen LogP) is 2.63. The minimum absolute atomic E-state index is 0.134. The highest BCUT2D eigenvalue weighted by Crippen LogP contribution is 2.27. The van der Waals surface area contributed by atoms with Gasteiger partial charge in [-0.15, -0.1) is 5.10 Å². The van der Waals surface area contributed by atoms with Crippen LogP contribution >= 0.6 is 11.8 Å². The summed E-state index contributed by atoms with van der Waals surface area (Å²) in [6.07, 6.45) is 6.10. The fraction of sp³-hybridized carbons (Fsp3) is 0.444. The molecule has 0 spiro atoms. The van der Waals surface area contributed by atoms with Gasteiger partial charge < -0.3 is 10.6 Å². The van der Waals surface area contributed by atoms with Crippen molar-refractivity contribution < 1.29 is 9.59 Å². The van der Waals surface area contributed by atoms with Gasteiger partial charge in [-0.1, -0.05) is 37.4 Å². The number of H-pyrrole nitrogens is 1. The number of carbonyl (C=O) groups is 2. The number of anilines is 1. The molecule has 0 bridgehead atoms. The molecular formula is C18H23N5O2S. The van der Waals surface area contributed by atoms with Gasteiger partial charge in [-0.3, -0.25) is 14.7 Å². The topological polar surface area (TPSA) is 99.8 Å². The molecule has 1 fully saturated rings. The maximum Gasteiger partial charge on any atom is 0.251 e. The van der Waals surface area contributed by atoms with Gasteiger partial charge in [-0.2, -0.15) is 0 Å². The Hall–Kier alpha value is -2.35. The molecule has 2 aromatic rings. The summed E-state index contributed by atoms with van der Waals surface area (Å²) in [6.45, 7) is 0. The Morgan fingerprint density at radius 1 is 1.23 bits per heavy atom. The van der Waals surface area contributed by atoms with Crippen molar-refractivity contribution in [2.75, 3.05) is 18.1 Å². The van der Waals surface area contributed by atoms with E-state index >= 15 is 0 Å². The zero-order valence-corrected chi connectivity index (χ0v) is 15.6. The maximum atomic E-state index is 12.1. The fourth-order valence-corrected chi connectivity index (χ4v) is 3.72. The molecule has 3 N–H and O–H groups in total. The van der Waals surface area contributed by atoms with Crippen molar-refractivity contribution in [2.45, 2.75) is 37.3 Å². The zero-order valence-electron chi connectivity index (χ0n) is 14.7. The fourth-order valence-electron chi connectivity index (χ4n) is 3.10. The summed E-state index contributed by atoms with van der Waals surface area (Å²) in [5, 5.41) is 13.1. The maximum absolute atomic E-state index is 12.1. The van der Waals surface area contributed by atoms with Gasteiger partial charge >= 0.3 is 0 Å². The highest BCUT2D eigenvalue weighted by atomic mass is 32.2. The van der Waals surface area contributed by atoms with E-state index in [0.29, 0.717) is 22.3 Å². The summed E-state index contributed by atoms with van der Waals surface area (Å²) >= 11 is 1.31. The standard InChI is InChI=1S/C18H23N5O2S/c1-19-17(25)13-6-8-14(9-7-13)20-16(24)11-26-18-21-15(22-23-18)10-12-4-2-3-5-12/h6-9,12H,2-5,10-11H2,1H3,(H,19,25)(H,20,24)(H,21,22,23). The van der Waals surface area contributed by atoms with Gasteiger partial charge in [0.05, 0.1) is 5.75 Å². The first-order valence-corrected chi connectivity index (χ1v) is 9.78. The number of benzene rings is 1. The van der Waals surface area contributed by atoms with Gasteiger partial charge in [0.15, 0.2) is 0 Å². The summed E-state index contributed by atoms with van der Waals surface area (Å²) in [4.78, 5) is 28.0. The van der Waals surface area contributed by atoms with Gasteiger partial charge in [-0.25, -0.2) is 4.98 Å². The lowest BCUT2D eigenvalue weighted by molar-refractivity contribution is -0.113. The third kappa shape index (κ3) is 5.08. The van der Waals surface area contributed by atoms with Gasteiger partial charge in [0.2, 0.25) is 11.1 Å². The molecule has 0 saturated heterocycles. The molecule has 1 aromatic heterocycles. The van der Waals surface area contributed by atoms with Crippen LogP contribution in [0.25, 0.3) is 0 Å². The first kappa shape index (κ1) is 18.4. The molecule has 3 rings (SSSR count). The number of hydrogen-bond acceptors (Lipinski definition) is 5. The third-order valence-electron chi connectivity index (χ3n) is 4.46. The summed E-state index contributed by atoms with van der Waals surface area (Å²) in [5.41, 5.74) is 1.20. The number of carbonyl (C=O) groups excluding carboxylic acids is 2. The Kier molecular flexibility index (Phi) is 6.27. The van der Waals surface area contributed by atoms with Crippen molar-refractivity contribution in [1.29, 1.82) is 0 Å². The van der Waals surface area contributed by atoms with E-state index in [1.165, 1.54) is 37.4 Å². The Labute approximate surface area is 156 Å². The van der Waals surface area contributed by atoms with Gasteiger partial charge in [-0.05, 0) is 30.2 Å². The van der Waals surface area contributed by atoms with Crippen LogP contribution in [0.15, 0.2) is 29.4 Å². The Morgan fingerprint density at radius 3 is 2.65 bits per heavy atom. The second-order valence-corrected chi connectivity index (χ2v) is 7.36. The molecule has 8 heteroatoms. The molecule has 1 heterocycles. The van der Waals surface area contributed by atoms with Crippen molar-refractivity contribution in [2.24, 2.45) is 5.92 Å². The molecule has 1 aliphatic rings. The summed E-state index contributed by atoms with van der Waals surface area (Å²) in [5.74, 6) is 1.56. The largest absolute Gasteiger partial charge is 0.355 e. The molecular weight excluding hydrogens is 350 g/mol. The van der Waals surface area contributed by atoms with E-state index in [4.69, 9.17) is 0 Å². The van der Waals surface area contributed by atoms with Gasteiger partial charge in [0.25, 0.3) is 5.91 Å². The van der Waals surface area contributed by atoms with Crippen molar-refractivity contribution in [1.82, 2.24) is 20.5 Å². The van der Waals surface area contributed by atoms with E-state index in [-0.39, 0.29) is 17.6 Å². The van der Waals surface area contributed by atoms with Gasteiger partial charge in [0, 0.05) is 24.7 Å².